The number of aryl methyl sites for hydroxylation is 1. The highest BCUT2D eigenvalue weighted by Gasteiger charge is 2.04. The molecule has 0 fully saturated rings. The quantitative estimate of drug-likeness (QED) is 0.677. The fourth-order valence-electron chi connectivity index (χ4n) is 0.983. The van der Waals surface area contributed by atoms with Gasteiger partial charge in [0.15, 0.2) is 0 Å². The molecule has 6 nitrogen and oxygen atoms in total. The summed E-state index contributed by atoms with van der Waals surface area (Å²) < 4.78 is 11.4. The van der Waals surface area contributed by atoms with Crippen LogP contribution < -0.4 is 5.32 Å². The molecule has 1 N–H and O–H groups in total. The van der Waals surface area contributed by atoms with E-state index in [0.717, 1.165) is 0 Å². The van der Waals surface area contributed by atoms with Gasteiger partial charge in [-0.15, -0.1) is 0 Å². The second-order valence-corrected chi connectivity index (χ2v) is 2.93. The summed E-state index contributed by atoms with van der Waals surface area (Å²) in [5.74, 6) is 0.449. The first-order valence-corrected chi connectivity index (χ1v) is 4.58. The average molecular weight is 213 g/mol. The van der Waals surface area contributed by atoms with E-state index in [1.165, 1.54) is 0 Å². The molecule has 15 heavy (non-hydrogen) atoms. The number of carbonyl (C=O) groups excluding carboxylic acids is 1. The Hall–Kier alpha value is -1.40. The van der Waals surface area contributed by atoms with E-state index in [1.54, 1.807) is 31.1 Å². The molecule has 0 aliphatic heterocycles. The average Bonchev–Trinajstić information content (AvgIpc) is 2.59. The van der Waals surface area contributed by atoms with Gasteiger partial charge >= 0.3 is 0 Å². The van der Waals surface area contributed by atoms with Crippen LogP contribution >= 0.6 is 0 Å². The number of carbonyl (C=O) groups is 1. The summed E-state index contributed by atoms with van der Waals surface area (Å²) in [6.45, 7) is 0.919. The van der Waals surface area contributed by atoms with E-state index in [4.69, 9.17) is 9.47 Å². The van der Waals surface area contributed by atoms with E-state index >= 15 is 0 Å². The normalized spacial score (nSPS) is 10.3. The van der Waals surface area contributed by atoms with E-state index in [0.29, 0.717) is 19.0 Å². The third kappa shape index (κ3) is 4.09. The van der Waals surface area contributed by atoms with E-state index in [9.17, 15) is 4.79 Å². The minimum Gasteiger partial charge on any atom is -0.382 e. The van der Waals surface area contributed by atoms with Crippen molar-refractivity contribution < 1.29 is 14.3 Å². The zero-order valence-corrected chi connectivity index (χ0v) is 8.90. The summed E-state index contributed by atoms with van der Waals surface area (Å²) in [6, 6.07) is 1.72. The van der Waals surface area contributed by atoms with Gasteiger partial charge < -0.3 is 14.8 Å². The minimum atomic E-state index is -0.199. The van der Waals surface area contributed by atoms with Crippen LogP contribution in [-0.2, 0) is 21.3 Å². The fraction of sp³-hybridized carbons (Fsp3) is 0.556. The maximum atomic E-state index is 11.3. The summed E-state index contributed by atoms with van der Waals surface area (Å²) >= 11 is 0. The smallest absolute Gasteiger partial charge is 0.251 e. The molecule has 1 heterocycles. The number of aromatic nitrogens is 2. The van der Waals surface area contributed by atoms with Crippen molar-refractivity contribution in [2.75, 3.05) is 32.2 Å². The van der Waals surface area contributed by atoms with E-state index < -0.39 is 0 Å². The Bertz CT molecular complexity index is 311. The van der Waals surface area contributed by atoms with E-state index in [1.807, 2.05) is 0 Å². The Morgan fingerprint density at radius 2 is 2.40 bits per heavy atom. The van der Waals surface area contributed by atoms with E-state index in [2.05, 4.69) is 10.4 Å². The molecule has 0 bridgehead atoms. The van der Waals surface area contributed by atoms with Crippen LogP contribution in [0.2, 0.25) is 0 Å². The number of rotatable bonds is 6. The Morgan fingerprint density at radius 1 is 1.60 bits per heavy atom. The standard InChI is InChI=1S/C9H15N3O3/c1-12-8(3-4-10-12)11-9(13)7-15-6-5-14-2/h3-4H,5-7H2,1-2H3,(H,11,13). The number of nitrogens with one attached hydrogen (secondary N) is 1. The molecule has 0 atom stereocenters. The van der Waals surface area contributed by atoms with Crippen molar-refractivity contribution in [3.63, 3.8) is 0 Å². The zero-order valence-electron chi connectivity index (χ0n) is 8.90. The van der Waals surface area contributed by atoms with Crippen molar-refractivity contribution in [3.8, 4) is 0 Å². The molecule has 6 heteroatoms. The van der Waals surface area contributed by atoms with Crippen molar-refractivity contribution in [1.29, 1.82) is 0 Å². The van der Waals surface area contributed by atoms with Crippen molar-refractivity contribution >= 4 is 11.7 Å². The molecule has 84 valence electrons. The Morgan fingerprint density at radius 3 is 3.00 bits per heavy atom. The summed E-state index contributed by atoms with van der Waals surface area (Å²) in [5, 5.41) is 6.58. The van der Waals surface area contributed by atoms with Crippen molar-refractivity contribution in [1.82, 2.24) is 9.78 Å². The van der Waals surface area contributed by atoms with Gasteiger partial charge in [-0.2, -0.15) is 5.10 Å². The van der Waals surface area contributed by atoms with Crippen molar-refractivity contribution in [2.24, 2.45) is 7.05 Å². The monoisotopic (exact) mass is 213 g/mol. The van der Waals surface area contributed by atoms with E-state index in [-0.39, 0.29) is 12.5 Å². The van der Waals surface area contributed by atoms with Gasteiger partial charge in [0.1, 0.15) is 12.4 Å². The molecule has 0 unspecified atom stereocenters. The molecule has 1 amide bonds. The molecule has 0 aromatic carbocycles. The highest BCUT2D eigenvalue weighted by Crippen LogP contribution is 2.02. The van der Waals surface area contributed by atoms with Crippen LogP contribution in [0, 0.1) is 0 Å². The molecular formula is C9H15N3O3. The number of hydrogen-bond acceptors (Lipinski definition) is 4. The Balaban J connectivity index is 2.22. The lowest BCUT2D eigenvalue weighted by Gasteiger charge is -2.05. The van der Waals surface area contributed by atoms with Gasteiger partial charge in [-0.25, -0.2) is 0 Å². The molecule has 1 aromatic rings. The van der Waals surface area contributed by atoms with Gasteiger partial charge in [0.05, 0.1) is 19.4 Å². The first kappa shape index (κ1) is 11.7. The van der Waals surface area contributed by atoms with Crippen LogP contribution in [0.15, 0.2) is 12.3 Å². The second-order valence-electron chi connectivity index (χ2n) is 2.93. The van der Waals surface area contributed by atoms with Crippen LogP contribution in [0.4, 0.5) is 5.82 Å². The van der Waals surface area contributed by atoms with Crippen LogP contribution in [0.25, 0.3) is 0 Å². The lowest BCUT2D eigenvalue weighted by Crippen LogP contribution is -2.21. The van der Waals surface area contributed by atoms with Gasteiger partial charge in [-0.05, 0) is 0 Å². The van der Waals surface area contributed by atoms with Crippen LogP contribution in [0.5, 0.6) is 0 Å². The number of anilines is 1. The van der Waals surface area contributed by atoms with Gasteiger partial charge in [-0.3, -0.25) is 9.48 Å². The van der Waals surface area contributed by atoms with Crippen molar-refractivity contribution in [3.05, 3.63) is 12.3 Å². The lowest BCUT2D eigenvalue weighted by atomic mass is 10.5. The van der Waals surface area contributed by atoms with Crippen LogP contribution in [0.3, 0.4) is 0 Å². The zero-order chi connectivity index (χ0) is 11.1. The van der Waals surface area contributed by atoms with Gasteiger partial charge in [-0.1, -0.05) is 0 Å². The SMILES string of the molecule is COCCOCC(=O)Nc1ccnn1C. The third-order valence-corrected chi connectivity index (χ3v) is 1.75. The summed E-state index contributed by atoms with van der Waals surface area (Å²) in [4.78, 5) is 11.3. The van der Waals surface area contributed by atoms with Crippen LogP contribution in [0.1, 0.15) is 0 Å². The molecular weight excluding hydrogens is 198 g/mol. The number of methoxy groups -OCH3 is 1. The van der Waals surface area contributed by atoms with Gasteiger partial charge in [0.25, 0.3) is 5.91 Å². The predicted molar refractivity (Wildman–Crippen MR) is 54.5 cm³/mol. The first-order chi connectivity index (χ1) is 7.24. The third-order valence-electron chi connectivity index (χ3n) is 1.75. The lowest BCUT2D eigenvalue weighted by molar-refractivity contribution is -0.121. The number of hydrogen-bond donors (Lipinski definition) is 1. The summed E-state index contributed by atoms with van der Waals surface area (Å²) in [7, 11) is 3.33. The molecule has 0 saturated carbocycles. The predicted octanol–water partition coefficient (Wildman–Crippen LogP) is 0.0216. The minimum absolute atomic E-state index is 0.0224. The molecule has 0 spiro atoms. The number of ether oxygens (including phenoxy) is 2. The van der Waals surface area contributed by atoms with Gasteiger partial charge in [0, 0.05) is 20.2 Å². The Labute approximate surface area is 88.2 Å². The molecule has 1 rings (SSSR count). The molecule has 0 aliphatic carbocycles. The second kappa shape index (κ2) is 6.15. The molecule has 0 radical (unpaired) electrons. The number of amides is 1. The van der Waals surface area contributed by atoms with Crippen molar-refractivity contribution in [2.45, 2.75) is 0 Å². The maximum Gasteiger partial charge on any atom is 0.251 e. The maximum absolute atomic E-state index is 11.3. The Kier molecular flexibility index (Phi) is 4.79. The topological polar surface area (TPSA) is 65.4 Å². The highest BCUT2D eigenvalue weighted by atomic mass is 16.5. The molecule has 0 aliphatic rings. The van der Waals surface area contributed by atoms with Crippen LogP contribution in [-0.4, -0.2) is 42.6 Å². The summed E-state index contributed by atoms with van der Waals surface area (Å²) in [6.07, 6.45) is 1.61. The highest BCUT2D eigenvalue weighted by molar-refractivity contribution is 5.90. The fourth-order valence-corrected chi connectivity index (χ4v) is 0.983. The van der Waals surface area contributed by atoms with Gasteiger partial charge in [0.2, 0.25) is 0 Å². The molecule has 1 aromatic heterocycles. The number of nitrogens with zero attached hydrogens (tertiary/aromatic N) is 2. The largest absolute Gasteiger partial charge is 0.382 e. The molecule has 0 saturated heterocycles. The first-order valence-electron chi connectivity index (χ1n) is 4.58. The summed E-state index contributed by atoms with van der Waals surface area (Å²) in [5.41, 5.74) is 0.